The minimum absolute atomic E-state index is 0.168. The monoisotopic (exact) mass is 482 g/mol. The maximum atomic E-state index is 12.2. The second-order valence-electron chi connectivity index (χ2n) is 6.48. The van der Waals surface area contributed by atoms with Gasteiger partial charge in [-0.15, -0.1) is 0 Å². The first kappa shape index (κ1) is 20.2. The zero-order valence-corrected chi connectivity index (χ0v) is 18.0. The Morgan fingerprint density at radius 1 is 1.07 bits per heavy atom. The van der Waals surface area contributed by atoms with Crippen molar-refractivity contribution in [2.24, 2.45) is 5.10 Å². The first-order valence-electron chi connectivity index (χ1n) is 9.07. The minimum Gasteiger partial charge on any atom is -0.489 e. The van der Waals surface area contributed by atoms with Crippen LogP contribution < -0.4 is 10.2 Å². The van der Waals surface area contributed by atoms with Gasteiger partial charge in [-0.1, -0.05) is 39.7 Å². The summed E-state index contributed by atoms with van der Waals surface area (Å²) in [6.07, 6.45) is 1.55. The van der Waals surface area contributed by atoms with Crippen molar-refractivity contribution in [2.75, 3.05) is 0 Å². The van der Waals surface area contributed by atoms with Crippen LogP contribution in [0, 0.1) is 0 Å². The summed E-state index contributed by atoms with van der Waals surface area (Å²) in [5, 5.41) is 5.32. The third-order valence-electron chi connectivity index (χ3n) is 4.28. The van der Waals surface area contributed by atoms with E-state index in [-0.39, 0.29) is 5.76 Å². The number of hydrogen-bond acceptors (Lipinski definition) is 4. The Bertz CT molecular complexity index is 1200. The van der Waals surface area contributed by atoms with E-state index in [1.54, 1.807) is 30.5 Å². The van der Waals surface area contributed by atoms with E-state index in [0.717, 1.165) is 26.7 Å². The number of carbonyl (C=O) groups excluding carboxylic acids is 1. The predicted molar refractivity (Wildman–Crippen MR) is 121 cm³/mol. The molecule has 4 aromatic rings. The Kier molecular flexibility index (Phi) is 6.16. The van der Waals surface area contributed by atoms with Crippen molar-refractivity contribution in [3.8, 4) is 5.75 Å². The van der Waals surface area contributed by atoms with E-state index in [9.17, 15) is 4.79 Å². The van der Waals surface area contributed by atoms with Gasteiger partial charge < -0.3 is 9.15 Å². The minimum atomic E-state index is -0.437. The lowest BCUT2D eigenvalue weighted by Crippen LogP contribution is -2.16. The summed E-state index contributed by atoms with van der Waals surface area (Å²) in [6.45, 7) is 0.486. The Labute approximate surface area is 186 Å². The number of furan rings is 1. The fraction of sp³-hybridized carbons (Fsp3) is 0.0435. The lowest BCUT2D eigenvalue weighted by atomic mass is 10.2. The molecule has 0 saturated carbocycles. The molecule has 0 aliphatic rings. The molecule has 0 aliphatic carbocycles. The second kappa shape index (κ2) is 9.15. The molecule has 0 bridgehead atoms. The van der Waals surface area contributed by atoms with Gasteiger partial charge in [-0.3, -0.25) is 4.79 Å². The van der Waals surface area contributed by atoms with Crippen LogP contribution >= 0.6 is 27.5 Å². The molecule has 30 heavy (non-hydrogen) atoms. The SMILES string of the molecule is O=C(N/N=C/c1ccc(OCc2ccc(Br)cc2)cc1)c1cc2cc(Cl)ccc2o1. The molecule has 3 aromatic carbocycles. The van der Waals surface area contributed by atoms with Crippen molar-refractivity contribution in [1.82, 2.24) is 5.43 Å². The van der Waals surface area contributed by atoms with Gasteiger partial charge in [0.2, 0.25) is 0 Å². The van der Waals surface area contributed by atoms with Gasteiger partial charge in [-0.25, -0.2) is 5.43 Å². The maximum Gasteiger partial charge on any atom is 0.307 e. The van der Waals surface area contributed by atoms with E-state index >= 15 is 0 Å². The van der Waals surface area contributed by atoms with Crippen LogP contribution in [0.5, 0.6) is 5.75 Å². The smallest absolute Gasteiger partial charge is 0.307 e. The van der Waals surface area contributed by atoms with E-state index in [4.69, 9.17) is 20.8 Å². The maximum absolute atomic E-state index is 12.2. The number of halogens is 2. The highest BCUT2D eigenvalue weighted by molar-refractivity contribution is 9.10. The van der Waals surface area contributed by atoms with Gasteiger partial charge in [0.05, 0.1) is 6.21 Å². The molecule has 0 radical (unpaired) electrons. The zero-order chi connectivity index (χ0) is 20.9. The lowest BCUT2D eigenvalue weighted by molar-refractivity contribution is 0.0929. The number of rotatable bonds is 6. The average molecular weight is 484 g/mol. The van der Waals surface area contributed by atoms with Crippen molar-refractivity contribution in [3.63, 3.8) is 0 Å². The van der Waals surface area contributed by atoms with Crippen molar-refractivity contribution in [2.45, 2.75) is 6.61 Å². The summed E-state index contributed by atoms with van der Waals surface area (Å²) in [7, 11) is 0. The zero-order valence-electron chi connectivity index (χ0n) is 15.6. The molecule has 0 fully saturated rings. The molecule has 0 aliphatic heterocycles. The van der Waals surface area contributed by atoms with Gasteiger partial charge in [0.15, 0.2) is 5.76 Å². The number of carbonyl (C=O) groups is 1. The Morgan fingerprint density at radius 3 is 2.60 bits per heavy atom. The molecule has 7 heteroatoms. The summed E-state index contributed by atoms with van der Waals surface area (Å²) in [6, 6.07) is 22.2. The van der Waals surface area contributed by atoms with Crippen molar-refractivity contribution < 1.29 is 13.9 Å². The third-order valence-corrected chi connectivity index (χ3v) is 5.04. The van der Waals surface area contributed by atoms with Gasteiger partial charge in [0.25, 0.3) is 0 Å². The van der Waals surface area contributed by atoms with E-state index in [2.05, 4.69) is 26.5 Å². The Morgan fingerprint density at radius 2 is 1.83 bits per heavy atom. The predicted octanol–water partition coefficient (Wildman–Crippen LogP) is 6.19. The summed E-state index contributed by atoms with van der Waals surface area (Å²) < 4.78 is 12.3. The molecule has 0 saturated heterocycles. The van der Waals surface area contributed by atoms with Gasteiger partial charge in [0.1, 0.15) is 17.9 Å². The van der Waals surface area contributed by atoms with Crippen molar-refractivity contribution in [3.05, 3.63) is 99.2 Å². The van der Waals surface area contributed by atoms with Crippen molar-refractivity contribution in [1.29, 1.82) is 0 Å². The molecule has 0 unspecified atom stereocenters. The molecular formula is C23H16BrClN2O3. The average Bonchev–Trinajstić information content (AvgIpc) is 3.17. The van der Waals surface area contributed by atoms with Crippen molar-refractivity contribution >= 4 is 50.6 Å². The molecule has 1 aromatic heterocycles. The number of nitrogens with one attached hydrogen (secondary N) is 1. The Balaban J connectivity index is 1.32. The van der Waals surface area contributed by atoms with Crippen LogP contribution in [0.3, 0.4) is 0 Å². The molecule has 4 rings (SSSR count). The summed E-state index contributed by atoms with van der Waals surface area (Å²) in [5.74, 6) is 0.481. The number of amides is 1. The fourth-order valence-corrected chi connectivity index (χ4v) is 3.19. The largest absolute Gasteiger partial charge is 0.489 e. The molecule has 0 spiro atoms. The number of fused-ring (bicyclic) bond motifs is 1. The number of nitrogens with zero attached hydrogens (tertiary/aromatic N) is 1. The van der Waals surface area contributed by atoms with Gasteiger partial charge in [-0.2, -0.15) is 5.10 Å². The van der Waals surface area contributed by atoms with Crippen LogP contribution in [0.2, 0.25) is 5.02 Å². The third kappa shape index (κ3) is 5.09. The molecule has 1 N–H and O–H groups in total. The van der Waals surface area contributed by atoms with E-state index in [1.807, 2.05) is 48.5 Å². The molecule has 150 valence electrons. The highest BCUT2D eigenvalue weighted by Crippen LogP contribution is 2.23. The van der Waals surface area contributed by atoms with Gasteiger partial charge in [0, 0.05) is 14.9 Å². The van der Waals surface area contributed by atoms with Crippen LogP contribution in [-0.4, -0.2) is 12.1 Å². The highest BCUT2D eigenvalue weighted by atomic mass is 79.9. The molecular weight excluding hydrogens is 468 g/mol. The molecule has 1 amide bonds. The van der Waals surface area contributed by atoms with Crippen LogP contribution in [-0.2, 0) is 6.61 Å². The first-order valence-corrected chi connectivity index (χ1v) is 10.2. The van der Waals surface area contributed by atoms with Gasteiger partial charge in [-0.05, 0) is 71.8 Å². The normalized spacial score (nSPS) is 11.1. The fourth-order valence-electron chi connectivity index (χ4n) is 2.74. The molecule has 5 nitrogen and oxygen atoms in total. The van der Waals surface area contributed by atoms with Crippen LogP contribution in [0.15, 0.2) is 86.8 Å². The number of hydrazone groups is 1. The van der Waals surface area contributed by atoms with Crippen LogP contribution in [0.25, 0.3) is 11.0 Å². The van der Waals surface area contributed by atoms with Crippen LogP contribution in [0.4, 0.5) is 0 Å². The standard InChI is InChI=1S/C23H16BrClN2O3/c24-18-5-1-16(2-6-18)14-29-20-8-3-15(4-9-20)13-26-27-23(28)22-12-17-11-19(25)7-10-21(17)30-22/h1-13H,14H2,(H,27,28)/b26-13+. The van der Waals surface area contributed by atoms with Gasteiger partial charge >= 0.3 is 5.91 Å². The quantitative estimate of drug-likeness (QED) is 0.263. The lowest BCUT2D eigenvalue weighted by Gasteiger charge is -2.06. The van der Waals surface area contributed by atoms with E-state index in [1.165, 1.54) is 0 Å². The summed E-state index contributed by atoms with van der Waals surface area (Å²) in [5.41, 5.74) is 4.95. The van der Waals surface area contributed by atoms with E-state index in [0.29, 0.717) is 17.2 Å². The molecule has 1 heterocycles. The summed E-state index contributed by atoms with van der Waals surface area (Å²) in [4.78, 5) is 12.2. The number of benzene rings is 3. The van der Waals surface area contributed by atoms with E-state index < -0.39 is 5.91 Å². The first-order chi connectivity index (χ1) is 14.6. The summed E-state index contributed by atoms with van der Waals surface area (Å²) >= 11 is 9.36. The van der Waals surface area contributed by atoms with Crippen LogP contribution in [0.1, 0.15) is 21.7 Å². The second-order valence-corrected chi connectivity index (χ2v) is 7.83. The number of ether oxygens (including phenoxy) is 1. The number of hydrogen-bond donors (Lipinski definition) is 1. The topological polar surface area (TPSA) is 63.8 Å². The highest BCUT2D eigenvalue weighted by Gasteiger charge is 2.11. The Hall–Kier alpha value is -3.09. The molecule has 0 atom stereocenters.